The molecule has 5 rings (SSSR count). The lowest BCUT2D eigenvalue weighted by Crippen LogP contribution is -2.24. The predicted molar refractivity (Wildman–Crippen MR) is 132 cm³/mol. The third-order valence-electron chi connectivity index (χ3n) is 6.07. The van der Waals surface area contributed by atoms with Crippen molar-refractivity contribution in [1.29, 1.82) is 0 Å². The molecule has 9 heteroatoms. The van der Waals surface area contributed by atoms with Gasteiger partial charge in [-0.25, -0.2) is 4.79 Å². The van der Waals surface area contributed by atoms with Gasteiger partial charge in [-0.3, -0.25) is 10.1 Å². The highest BCUT2D eigenvalue weighted by molar-refractivity contribution is 7.07. The lowest BCUT2D eigenvalue weighted by molar-refractivity contribution is -0.385. The average Bonchev–Trinajstić information content (AvgIpc) is 3.28. The number of hydrogen-bond acceptors (Lipinski definition) is 7. The largest absolute Gasteiger partial charge is 0.422 e. The Balaban J connectivity index is 1.62. The number of nitro benzene ring substituents is 1. The minimum Gasteiger partial charge on any atom is -0.422 e. The maximum absolute atomic E-state index is 12.9. The van der Waals surface area contributed by atoms with E-state index >= 15 is 0 Å². The van der Waals surface area contributed by atoms with Crippen LogP contribution in [0.5, 0.6) is 0 Å². The summed E-state index contributed by atoms with van der Waals surface area (Å²) in [4.78, 5) is 24.4. The van der Waals surface area contributed by atoms with Crippen LogP contribution in [-0.4, -0.2) is 15.7 Å². The highest BCUT2D eigenvalue weighted by atomic mass is 32.1. The van der Waals surface area contributed by atoms with E-state index in [2.05, 4.69) is 14.8 Å². The molecule has 1 aliphatic rings. The summed E-state index contributed by atoms with van der Waals surface area (Å²) in [7, 11) is 0. The van der Waals surface area contributed by atoms with Crippen molar-refractivity contribution in [3.63, 3.8) is 0 Å². The number of para-hydroxylation sites is 2. The lowest BCUT2D eigenvalue weighted by atomic mass is 9.95. The van der Waals surface area contributed by atoms with Gasteiger partial charge < -0.3 is 8.98 Å². The van der Waals surface area contributed by atoms with Crippen LogP contribution in [-0.2, 0) is 0 Å². The first-order valence-electron chi connectivity index (χ1n) is 11.2. The minimum absolute atomic E-state index is 0.0257. The number of nitro groups is 1. The van der Waals surface area contributed by atoms with Crippen molar-refractivity contribution in [3.8, 4) is 11.3 Å². The van der Waals surface area contributed by atoms with Crippen molar-refractivity contribution >= 4 is 34.2 Å². The average molecular weight is 475 g/mol. The molecular formula is C25H22N4O4S. The molecule has 0 atom stereocenters. The molecule has 4 aromatic rings. The van der Waals surface area contributed by atoms with Gasteiger partial charge in [0.2, 0.25) is 4.80 Å². The molecule has 8 nitrogen and oxygen atoms in total. The highest BCUT2D eigenvalue weighted by Gasteiger charge is 2.22. The zero-order chi connectivity index (χ0) is 23.5. The number of nitrogens with zero attached hydrogens (tertiary/aromatic N) is 4. The van der Waals surface area contributed by atoms with E-state index in [0.29, 0.717) is 21.5 Å². The molecule has 2 aromatic heterocycles. The third-order valence-corrected chi connectivity index (χ3v) is 6.90. The number of thiazole rings is 1. The van der Waals surface area contributed by atoms with Crippen molar-refractivity contribution in [3.05, 3.63) is 90.9 Å². The molecule has 0 radical (unpaired) electrons. The van der Waals surface area contributed by atoms with Gasteiger partial charge in [0.1, 0.15) is 5.58 Å². The minimum atomic E-state index is -0.439. The second kappa shape index (κ2) is 9.56. The van der Waals surface area contributed by atoms with Gasteiger partial charge in [-0.05, 0) is 31.0 Å². The molecule has 2 heterocycles. The Morgan fingerprint density at radius 2 is 1.85 bits per heavy atom. The fourth-order valence-corrected chi connectivity index (χ4v) is 5.34. The molecule has 1 saturated carbocycles. The van der Waals surface area contributed by atoms with Crippen molar-refractivity contribution in [2.24, 2.45) is 10.2 Å². The molecule has 2 aromatic carbocycles. The fourth-order valence-electron chi connectivity index (χ4n) is 4.43. The topological polar surface area (TPSA) is 103 Å². The molecule has 0 aliphatic heterocycles. The van der Waals surface area contributed by atoms with Gasteiger partial charge in [-0.15, -0.1) is 16.4 Å². The second-order valence-corrected chi connectivity index (χ2v) is 9.05. The first-order chi connectivity index (χ1) is 16.6. The molecule has 0 bridgehead atoms. The first-order valence-corrected chi connectivity index (χ1v) is 12.0. The standard InChI is InChI=1S/C25H22N4O4S/c30-24-20(14-17-8-5-7-13-23(17)33-24)22-16-34-25(28(22)19-10-2-1-3-11-19)27-26-15-18-9-4-6-12-21(18)29(31)32/h4-9,12-16,19H,1-3,10-11H2/b26-15+,27-25-. The molecule has 0 spiro atoms. The van der Waals surface area contributed by atoms with Crippen LogP contribution in [0.25, 0.3) is 22.2 Å². The quantitative estimate of drug-likeness (QED) is 0.161. The number of rotatable bonds is 5. The van der Waals surface area contributed by atoms with Crippen LogP contribution in [0.1, 0.15) is 43.7 Å². The Morgan fingerprint density at radius 1 is 1.09 bits per heavy atom. The van der Waals surface area contributed by atoms with E-state index in [1.54, 1.807) is 24.3 Å². The van der Waals surface area contributed by atoms with Crippen LogP contribution in [0.3, 0.4) is 0 Å². The SMILES string of the molecule is O=c1oc2ccccc2cc1-c1cs/c(=N\N=C\c2ccccc2[N+](=O)[O-])n1C1CCCCC1. The second-order valence-electron chi connectivity index (χ2n) is 8.21. The van der Waals surface area contributed by atoms with Crippen LogP contribution in [0.15, 0.2) is 79.4 Å². The molecule has 0 N–H and O–H groups in total. The number of benzene rings is 2. The summed E-state index contributed by atoms with van der Waals surface area (Å²) in [6, 6.07) is 15.9. The molecule has 0 amide bonds. The van der Waals surface area contributed by atoms with E-state index in [-0.39, 0.29) is 11.7 Å². The van der Waals surface area contributed by atoms with Crippen molar-refractivity contribution in [2.75, 3.05) is 0 Å². The van der Waals surface area contributed by atoms with Crippen LogP contribution in [0, 0.1) is 10.1 Å². The van der Waals surface area contributed by atoms with E-state index in [4.69, 9.17) is 4.42 Å². The fraction of sp³-hybridized carbons (Fsp3) is 0.240. The van der Waals surface area contributed by atoms with E-state index < -0.39 is 10.5 Å². The summed E-state index contributed by atoms with van der Waals surface area (Å²) < 4.78 is 7.67. The maximum Gasteiger partial charge on any atom is 0.345 e. The van der Waals surface area contributed by atoms with Crippen LogP contribution in [0.4, 0.5) is 5.69 Å². The molecule has 1 aliphatic carbocycles. The lowest BCUT2D eigenvalue weighted by Gasteiger charge is -2.24. The van der Waals surface area contributed by atoms with Crippen LogP contribution >= 0.6 is 11.3 Å². The van der Waals surface area contributed by atoms with Crippen LogP contribution < -0.4 is 10.4 Å². The Kier molecular flexibility index (Phi) is 6.18. The number of aromatic nitrogens is 1. The number of hydrogen-bond donors (Lipinski definition) is 0. The summed E-state index contributed by atoms with van der Waals surface area (Å²) in [5.74, 6) is 0. The van der Waals surface area contributed by atoms with E-state index in [1.807, 2.05) is 29.6 Å². The molecular weight excluding hydrogens is 452 g/mol. The van der Waals surface area contributed by atoms with Crippen molar-refractivity contribution in [2.45, 2.75) is 38.1 Å². The predicted octanol–water partition coefficient (Wildman–Crippen LogP) is 5.67. The normalized spacial score (nSPS) is 15.4. The Bertz CT molecular complexity index is 1510. The summed E-state index contributed by atoms with van der Waals surface area (Å²) in [5.41, 5.74) is 1.76. The van der Waals surface area contributed by atoms with Crippen molar-refractivity contribution in [1.82, 2.24) is 4.57 Å². The van der Waals surface area contributed by atoms with Gasteiger partial charge in [-0.2, -0.15) is 5.10 Å². The zero-order valence-electron chi connectivity index (χ0n) is 18.3. The van der Waals surface area contributed by atoms with Gasteiger partial charge in [0.15, 0.2) is 0 Å². The van der Waals surface area contributed by atoms with E-state index in [9.17, 15) is 14.9 Å². The third kappa shape index (κ3) is 4.34. The van der Waals surface area contributed by atoms with Crippen LogP contribution in [0.2, 0.25) is 0 Å². The van der Waals surface area contributed by atoms with Crippen molar-refractivity contribution < 1.29 is 9.34 Å². The van der Waals surface area contributed by atoms with Gasteiger partial charge in [0, 0.05) is 22.9 Å². The molecule has 172 valence electrons. The summed E-state index contributed by atoms with van der Waals surface area (Å²) in [6.07, 6.45) is 6.79. The summed E-state index contributed by atoms with van der Waals surface area (Å²) in [6.45, 7) is 0. The first kappa shape index (κ1) is 22.0. The van der Waals surface area contributed by atoms with Gasteiger partial charge in [-0.1, -0.05) is 49.6 Å². The Hall–Kier alpha value is -3.85. The van der Waals surface area contributed by atoms with Gasteiger partial charge >= 0.3 is 5.63 Å². The molecule has 1 fully saturated rings. The zero-order valence-corrected chi connectivity index (χ0v) is 19.1. The molecule has 0 unspecified atom stereocenters. The molecule has 0 saturated heterocycles. The Labute approximate surface area is 198 Å². The van der Waals surface area contributed by atoms with Gasteiger partial charge in [0.05, 0.1) is 28.0 Å². The smallest absolute Gasteiger partial charge is 0.345 e. The highest BCUT2D eigenvalue weighted by Crippen LogP contribution is 2.32. The molecule has 34 heavy (non-hydrogen) atoms. The summed E-state index contributed by atoms with van der Waals surface area (Å²) >= 11 is 1.39. The van der Waals surface area contributed by atoms with E-state index in [1.165, 1.54) is 30.0 Å². The van der Waals surface area contributed by atoms with E-state index in [0.717, 1.165) is 36.8 Å². The Morgan fingerprint density at radius 3 is 2.68 bits per heavy atom. The summed E-state index contributed by atoms with van der Waals surface area (Å²) in [5, 5.41) is 22.6. The maximum atomic E-state index is 12.9. The monoisotopic (exact) mass is 474 g/mol. The number of fused-ring (bicyclic) bond motifs is 1. The van der Waals surface area contributed by atoms with Gasteiger partial charge in [0.25, 0.3) is 5.69 Å².